The summed E-state index contributed by atoms with van der Waals surface area (Å²) in [5, 5.41) is 8.90. The van der Waals surface area contributed by atoms with Gasteiger partial charge in [-0.05, 0) is 41.5 Å². The zero-order chi connectivity index (χ0) is 21.1. The monoisotopic (exact) mass is 421 g/mol. The van der Waals surface area contributed by atoms with Gasteiger partial charge in [0.1, 0.15) is 17.9 Å². The number of amides is 1. The van der Waals surface area contributed by atoms with Gasteiger partial charge in [-0.3, -0.25) is 9.69 Å². The molecule has 2 aliphatic rings. The number of nitrogens with two attached hydrogens (primary N) is 1. The maximum Gasteiger partial charge on any atom is 0.419 e. The molecule has 4 rings (SSSR count). The lowest BCUT2D eigenvalue weighted by Crippen LogP contribution is -2.40. The van der Waals surface area contributed by atoms with Crippen molar-refractivity contribution in [3.8, 4) is 6.07 Å². The van der Waals surface area contributed by atoms with Crippen LogP contribution in [0.4, 0.5) is 28.9 Å². The van der Waals surface area contributed by atoms with Crippen LogP contribution in [0.3, 0.4) is 0 Å². The quantitative estimate of drug-likeness (QED) is 0.433. The highest BCUT2D eigenvalue weighted by atomic mass is 32.1. The standard InChI is InChI=1S/C18H11F4N5OS/c19-12-1-8-3-15-16(28)27(17(29)26(15)7-9(8)2-13(12)24)10-4-11(18(20,21)22)14(5-23)25-6-10/h1-2,4,6,15H,3,7,24H2. The molecule has 0 saturated carbocycles. The van der Waals surface area contributed by atoms with Gasteiger partial charge in [0.05, 0.1) is 23.1 Å². The summed E-state index contributed by atoms with van der Waals surface area (Å²) in [6, 6.07) is 4.01. The smallest absolute Gasteiger partial charge is 0.396 e. The Balaban J connectivity index is 1.73. The van der Waals surface area contributed by atoms with Crippen LogP contribution < -0.4 is 10.6 Å². The molecular weight excluding hydrogens is 410 g/mol. The number of pyridine rings is 1. The second-order valence-electron chi connectivity index (χ2n) is 6.65. The van der Waals surface area contributed by atoms with E-state index in [2.05, 4.69) is 4.98 Å². The topological polar surface area (TPSA) is 86.2 Å². The summed E-state index contributed by atoms with van der Waals surface area (Å²) < 4.78 is 53.6. The molecule has 0 radical (unpaired) electrons. The molecule has 1 fully saturated rings. The molecule has 2 aliphatic heterocycles. The fourth-order valence-corrected chi connectivity index (χ4v) is 3.93. The Labute approximate surface area is 167 Å². The third-order valence-corrected chi connectivity index (χ3v) is 5.35. The molecule has 2 N–H and O–H groups in total. The van der Waals surface area contributed by atoms with Gasteiger partial charge in [-0.15, -0.1) is 0 Å². The highest BCUT2D eigenvalue weighted by Gasteiger charge is 2.46. The third-order valence-electron chi connectivity index (χ3n) is 4.93. The van der Waals surface area contributed by atoms with E-state index in [4.69, 9.17) is 23.2 Å². The molecule has 2 aromatic rings. The van der Waals surface area contributed by atoms with Gasteiger partial charge in [0.2, 0.25) is 0 Å². The number of nitriles is 1. The highest BCUT2D eigenvalue weighted by Crippen LogP contribution is 2.37. The molecule has 11 heteroatoms. The van der Waals surface area contributed by atoms with E-state index >= 15 is 0 Å². The molecular formula is C18H11F4N5OS. The molecule has 1 unspecified atom stereocenters. The first-order valence-corrected chi connectivity index (χ1v) is 8.71. The van der Waals surface area contributed by atoms with E-state index in [1.165, 1.54) is 18.2 Å². The molecule has 0 aliphatic carbocycles. The predicted octanol–water partition coefficient (Wildman–Crippen LogP) is 2.75. The minimum absolute atomic E-state index is 0.00757. The number of carbonyl (C=O) groups is 1. The highest BCUT2D eigenvalue weighted by molar-refractivity contribution is 7.80. The summed E-state index contributed by atoms with van der Waals surface area (Å²) in [6.07, 6.45) is -3.68. The molecule has 29 heavy (non-hydrogen) atoms. The summed E-state index contributed by atoms with van der Waals surface area (Å²) in [5.41, 5.74) is 4.60. The predicted molar refractivity (Wildman–Crippen MR) is 97.9 cm³/mol. The number of halogens is 4. The minimum Gasteiger partial charge on any atom is -0.396 e. The number of benzene rings is 1. The number of aromatic nitrogens is 1. The Morgan fingerprint density at radius 2 is 2.00 bits per heavy atom. The van der Waals surface area contributed by atoms with Crippen molar-refractivity contribution >= 4 is 34.6 Å². The van der Waals surface area contributed by atoms with Crippen LogP contribution in [0.5, 0.6) is 0 Å². The fourth-order valence-electron chi connectivity index (χ4n) is 3.54. The van der Waals surface area contributed by atoms with Gasteiger partial charge < -0.3 is 10.6 Å². The van der Waals surface area contributed by atoms with Gasteiger partial charge in [0.15, 0.2) is 10.8 Å². The number of hydrogen-bond donors (Lipinski definition) is 1. The van der Waals surface area contributed by atoms with E-state index < -0.39 is 35.2 Å². The Morgan fingerprint density at radius 1 is 1.28 bits per heavy atom. The van der Waals surface area contributed by atoms with Crippen molar-refractivity contribution in [2.24, 2.45) is 0 Å². The largest absolute Gasteiger partial charge is 0.419 e. The second kappa shape index (κ2) is 6.38. The average molecular weight is 421 g/mol. The fraction of sp³-hybridized carbons (Fsp3) is 0.222. The zero-order valence-electron chi connectivity index (χ0n) is 14.5. The van der Waals surface area contributed by atoms with Crippen molar-refractivity contribution in [3.05, 3.63) is 52.6 Å². The van der Waals surface area contributed by atoms with Gasteiger partial charge in [0.25, 0.3) is 5.91 Å². The van der Waals surface area contributed by atoms with E-state index in [-0.39, 0.29) is 29.5 Å². The van der Waals surface area contributed by atoms with Crippen LogP contribution in [0.2, 0.25) is 0 Å². The van der Waals surface area contributed by atoms with Crippen LogP contribution in [-0.4, -0.2) is 26.9 Å². The van der Waals surface area contributed by atoms with Crippen LogP contribution >= 0.6 is 12.2 Å². The second-order valence-corrected chi connectivity index (χ2v) is 7.01. The van der Waals surface area contributed by atoms with Gasteiger partial charge in [-0.1, -0.05) is 0 Å². The Morgan fingerprint density at radius 3 is 2.66 bits per heavy atom. The third kappa shape index (κ3) is 2.96. The molecule has 1 aromatic heterocycles. The molecule has 0 spiro atoms. The van der Waals surface area contributed by atoms with Crippen LogP contribution in [-0.2, 0) is 23.9 Å². The lowest BCUT2D eigenvalue weighted by molar-refractivity contribution is -0.138. The van der Waals surface area contributed by atoms with Crippen molar-refractivity contribution in [1.82, 2.24) is 9.88 Å². The summed E-state index contributed by atoms with van der Waals surface area (Å²) in [4.78, 5) is 19.0. The first kappa shape index (κ1) is 19.1. The van der Waals surface area contributed by atoms with Gasteiger partial charge in [-0.25, -0.2) is 9.37 Å². The number of nitrogens with zero attached hydrogens (tertiary/aromatic N) is 4. The minimum atomic E-state index is -4.82. The molecule has 6 nitrogen and oxygen atoms in total. The average Bonchev–Trinajstić information content (AvgIpc) is 2.90. The van der Waals surface area contributed by atoms with Gasteiger partial charge in [0, 0.05) is 13.0 Å². The summed E-state index contributed by atoms with van der Waals surface area (Å²) in [7, 11) is 0. The van der Waals surface area contributed by atoms with Crippen molar-refractivity contribution in [3.63, 3.8) is 0 Å². The molecule has 1 aromatic carbocycles. The number of carbonyl (C=O) groups excluding carboxylic acids is 1. The summed E-state index contributed by atoms with van der Waals surface area (Å²) in [5.74, 6) is -1.15. The molecule has 0 bridgehead atoms. The molecule has 148 valence electrons. The summed E-state index contributed by atoms with van der Waals surface area (Å²) in [6.45, 7) is 0.168. The van der Waals surface area contributed by atoms with Gasteiger partial charge >= 0.3 is 6.18 Å². The van der Waals surface area contributed by atoms with Crippen molar-refractivity contribution < 1.29 is 22.4 Å². The van der Waals surface area contributed by atoms with E-state index in [0.29, 0.717) is 17.2 Å². The maximum absolute atomic E-state index is 13.8. The number of fused-ring (bicyclic) bond motifs is 2. The molecule has 1 amide bonds. The van der Waals surface area contributed by atoms with Crippen LogP contribution in [0, 0.1) is 17.1 Å². The number of anilines is 2. The maximum atomic E-state index is 13.8. The Hall–Kier alpha value is -3.26. The van der Waals surface area contributed by atoms with E-state index in [1.807, 2.05) is 0 Å². The molecule has 3 heterocycles. The van der Waals surface area contributed by atoms with Crippen molar-refractivity contribution in [2.45, 2.75) is 25.2 Å². The van der Waals surface area contributed by atoms with Gasteiger partial charge in [-0.2, -0.15) is 18.4 Å². The lowest BCUT2D eigenvalue weighted by atomic mass is 9.94. The normalized spacial score (nSPS) is 18.5. The Bertz CT molecular complexity index is 1060. The number of hydrogen-bond acceptors (Lipinski definition) is 5. The van der Waals surface area contributed by atoms with Crippen LogP contribution in [0.1, 0.15) is 22.4 Å². The number of nitrogen functional groups attached to an aromatic ring is 1. The van der Waals surface area contributed by atoms with E-state index in [1.54, 1.807) is 4.90 Å². The zero-order valence-corrected chi connectivity index (χ0v) is 15.3. The number of alkyl halides is 3. The SMILES string of the molecule is N#Cc1ncc(N2C(=O)C3Cc4cc(F)c(N)cc4CN3C2=S)cc1C(F)(F)F. The lowest BCUT2D eigenvalue weighted by Gasteiger charge is -2.30. The Kier molecular flexibility index (Phi) is 4.20. The van der Waals surface area contributed by atoms with Crippen LogP contribution in [0.25, 0.3) is 0 Å². The van der Waals surface area contributed by atoms with Crippen molar-refractivity contribution in [2.75, 3.05) is 10.6 Å². The molecule has 1 saturated heterocycles. The first-order chi connectivity index (χ1) is 13.6. The summed E-state index contributed by atoms with van der Waals surface area (Å²) >= 11 is 5.33. The van der Waals surface area contributed by atoms with Crippen molar-refractivity contribution in [1.29, 1.82) is 5.26 Å². The molecule has 1 atom stereocenters. The van der Waals surface area contributed by atoms with Crippen LogP contribution in [0.15, 0.2) is 24.4 Å². The number of thiocarbonyl (C=S) groups is 1. The van der Waals surface area contributed by atoms with E-state index in [9.17, 15) is 22.4 Å². The van der Waals surface area contributed by atoms with E-state index in [0.717, 1.165) is 11.1 Å². The number of rotatable bonds is 1. The first-order valence-electron chi connectivity index (χ1n) is 8.30.